The molecule has 0 saturated heterocycles. The Balaban J connectivity index is 1.33. The number of anilines is 1. The second-order valence-corrected chi connectivity index (χ2v) is 13.9. The fourth-order valence-corrected chi connectivity index (χ4v) is 5.81. The number of hydrogen-bond acceptors (Lipinski definition) is 15. The topological polar surface area (TPSA) is 229 Å². The number of carbonyl (C=O) groups excluding carboxylic acids is 5. The van der Waals surface area contributed by atoms with Crippen LogP contribution in [0.15, 0.2) is 64.1 Å². The molecule has 1 atom stereocenters. The van der Waals surface area contributed by atoms with Gasteiger partial charge in [0.2, 0.25) is 16.8 Å². The van der Waals surface area contributed by atoms with Gasteiger partial charge < -0.3 is 38.7 Å². The van der Waals surface area contributed by atoms with E-state index in [1.165, 1.54) is 18.4 Å². The molecule has 1 heterocycles. The van der Waals surface area contributed by atoms with E-state index in [9.17, 15) is 32.4 Å². The van der Waals surface area contributed by atoms with Crippen LogP contribution in [-0.4, -0.2) is 82.9 Å². The summed E-state index contributed by atoms with van der Waals surface area (Å²) in [5.74, 6) is -4.18. The summed E-state index contributed by atoms with van der Waals surface area (Å²) in [6.07, 6.45) is 1.26. The third kappa shape index (κ3) is 13.6. The summed E-state index contributed by atoms with van der Waals surface area (Å²) in [5, 5.41) is 11.4. The first kappa shape index (κ1) is 41.9. The molecule has 0 spiro atoms. The minimum Gasteiger partial charge on any atom is -0.467 e. The van der Waals surface area contributed by atoms with E-state index in [-0.39, 0.29) is 61.4 Å². The Morgan fingerprint density at radius 2 is 1.60 bits per heavy atom. The first-order valence-electron chi connectivity index (χ1n) is 15.4. The minimum absolute atomic E-state index is 0.144. The van der Waals surface area contributed by atoms with Crippen molar-refractivity contribution in [3.05, 3.63) is 81.7 Å². The molecule has 1 aromatic heterocycles. The van der Waals surface area contributed by atoms with Crippen LogP contribution < -0.4 is 15.8 Å². The van der Waals surface area contributed by atoms with Gasteiger partial charge in [-0.1, -0.05) is 35.3 Å². The van der Waals surface area contributed by atoms with E-state index in [1.807, 2.05) is 0 Å². The number of rotatable bonds is 19. The first-order valence-corrected chi connectivity index (χ1v) is 17.7. The number of sulfonamides is 1. The normalized spacial score (nSPS) is 12.0. The molecule has 0 radical (unpaired) electrons. The van der Waals surface area contributed by atoms with Crippen LogP contribution in [0.4, 0.5) is 5.69 Å². The molecule has 3 aromatic rings. The number of hydrogen-bond donors (Lipinski definition) is 3. The minimum atomic E-state index is -4.27. The highest BCUT2D eigenvalue weighted by Crippen LogP contribution is 2.29. The van der Waals surface area contributed by atoms with Gasteiger partial charge in [0.05, 0.1) is 54.8 Å². The molecular formula is C33H37Cl2N3O13S. The number of ketones is 1. The molecule has 0 aliphatic carbocycles. The van der Waals surface area contributed by atoms with Gasteiger partial charge in [-0.05, 0) is 57.2 Å². The molecule has 0 amide bonds. The summed E-state index contributed by atoms with van der Waals surface area (Å²) in [6.45, 7) is 3.27. The van der Waals surface area contributed by atoms with Crippen molar-refractivity contribution in [3.8, 4) is 0 Å². The van der Waals surface area contributed by atoms with Crippen molar-refractivity contribution in [2.45, 2.75) is 50.2 Å². The zero-order valence-corrected chi connectivity index (χ0v) is 30.6. The molecule has 1 unspecified atom stereocenters. The average molecular weight is 787 g/mol. The number of benzene rings is 2. The van der Waals surface area contributed by atoms with Crippen molar-refractivity contribution < 1.29 is 60.5 Å². The number of nitrogens with two attached hydrogens (primary N) is 1. The van der Waals surface area contributed by atoms with Crippen LogP contribution in [-0.2, 0) is 54.6 Å². The number of ether oxygens (including phenoxy) is 5. The van der Waals surface area contributed by atoms with Crippen LogP contribution in [0.2, 0.25) is 10.0 Å². The van der Waals surface area contributed by atoms with Crippen molar-refractivity contribution in [1.29, 1.82) is 0 Å². The van der Waals surface area contributed by atoms with Gasteiger partial charge in [-0.25, -0.2) is 27.9 Å². The number of carbonyl (C=O) groups is 5. The Morgan fingerprint density at radius 3 is 2.25 bits per heavy atom. The standard InChI is InChI=1S/C33H37Cl2N3O13S/c1-20(29(40)21-6-4-7-22(34)14-21)38-33(2,3)17-28(39)50-19-51-32(43)31(42)49-13-11-46-10-12-48-30(41)24-15-27(52(36,44)45)25(35)16-26(24)37-18-23-8-5-9-47-23/h4-9,14-16,20,37-38H,10-13,17-19H2,1-3H3,(H2,36,44,45). The van der Waals surface area contributed by atoms with Gasteiger partial charge >= 0.3 is 23.9 Å². The zero-order chi connectivity index (χ0) is 38.5. The van der Waals surface area contributed by atoms with E-state index in [2.05, 4.69) is 15.4 Å². The van der Waals surface area contributed by atoms with Gasteiger partial charge in [-0.15, -0.1) is 0 Å². The second-order valence-electron chi connectivity index (χ2n) is 11.6. The molecule has 0 fully saturated rings. The Bertz CT molecular complexity index is 1850. The van der Waals surface area contributed by atoms with Crippen LogP contribution in [0.5, 0.6) is 0 Å². The third-order valence-corrected chi connectivity index (χ3v) is 8.44. The quantitative estimate of drug-likeness (QED) is 0.0394. The predicted octanol–water partition coefficient (Wildman–Crippen LogP) is 3.64. The molecule has 3 rings (SSSR count). The van der Waals surface area contributed by atoms with E-state index < -0.39 is 57.2 Å². The molecule has 0 bridgehead atoms. The number of halogens is 2. The second kappa shape index (κ2) is 19.4. The monoisotopic (exact) mass is 785 g/mol. The van der Waals surface area contributed by atoms with E-state index in [0.29, 0.717) is 16.3 Å². The number of nitrogens with one attached hydrogen (secondary N) is 2. The zero-order valence-electron chi connectivity index (χ0n) is 28.3. The molecule has 4 N–H and O–H groups in total. The molecule has 282 valence electrons. The maximum absolute atomic E-state index is 12.8. The molecular weight excluding hydrogens is 749 g/mol. The molecule has 52 heavy (non-hydrogen) atoms. The van der Waals surface area contributed by atoms with Crippen LogP contribution in [0.25, 0.3) is 0 Å². The van der Waals surface area contributed by atoms with Crippen molar-refractivity contribution in [3.63, 3.8) is 0 Å². The Morgan fingerprint density at radius 1 is 0.904 bits per heavy atom. The van der Waals surface area contributed by atoms with Crippen molar-refractivity contribution in [2.75, 3.05) is 38.5 Å². The smallest absolute Gasteiger partial charge is 0.420 e. The van der Waals surface area contributed by atoms with E-state index in [4.69, 9.17) is 51.7 Å². The van der Waals surface area contributed by atoms with Crippen molar-refractivity contribution >= 4 is 68.6 Å². The lowest BCUT2D eigenvalue weighted by atomic mass is 9.97. The lowest BCUT2D eigenvalue weighted by molar-refractivity contribution is -0.179. The van der Waals surface area contributed by atoms with E-state index in [0.717, 1.165) is 6.07 Å². The van der Waals surface area contributed by atoms with Crippen molar-refractivity contribution in [2.24, 2.45) is 5.14 Å². The summed E-state index contributed by atoms with van der Waals surface area (Å²) < 4.78 is 53.8. The third-order valence-electron chi connectivity index (χ3n) is 6.83. The summed E-state index contributed by atoms with van der Waals surface area (Å²) in [5.41, 5.74) is -0.502. The number of primary sulfonamides is 1. The first-order chi connectivity index (χ1) is 24.5. The Labute approximate surface area is 309 Å². The number of esters is 4. The van der Waals surface area contributed by atoms with Gasteiger partial charge in [-0.2, -0.15) is 0 Å². The van der Waals surface area contributed by atoms with Crippen molar-refractivity contribution in [1.82, 2.24) is 5.32 Å². The predicted molar refractivity (Wildman–Crippen MR) is 185 cm³/mol. The lowest BCUT2D eigenvalue weighted by Gasteiger charge is -2.28. The summed E-state index contributed by atoms with van der Waals surface area (Å²) in [4.78, 5) is 61.1. The maximum atomic E-state index is 12.8. The Hall–Kier alpha value is -4.52. The van der Waals surface area contributed by atoms with Gasteiger partial charge in [0.1, 0.15) is 23.9 Å². The number of Topliss-reactive ketones (excluding diaryl/α,β-unsaturated/α-hetero) is 1. The molecule has 0 aliphatic rings. The van der Waals surface area contributed by atoms with Crippen LogP contribution in [0.3, 0.4) is 0 Å². The summed E-state index contributed by atoms with van der Waals surface area (Å²) in [7, 11) is -4.27. The summed E-state index contributed by atoms with van der Waals surface area (Å²) >= 11 is 12.0. The average Bonchev–Trinajstić information content (AvgIpc) is 3.59. The molecule has 16 nitrogen and oxygen atoms in total. The van der Waals surface area contributed by atoms with Crippen LogP contribution >= 0.6 is 23.2 Å². The largest absolute Gasteiger partial charge is 0.467 e. The fraction of sp³-hybridized carbons (Fsp3) is 0.364. The molecule has 2 aromatic carbocycles. The van der Waals surface area contributed by atoms with E-state index in [1.54, 1.807) is 51.1 Å². The highest BCUT2D eigenvalue weighted by Gasteiger charge is 2.28. The highest BCUT2D eigenvalue weighted by atomic mass is 35.5. The van der Waals surface area contributed by atoms with Crippen LogP contribution in [0, 0.1) is 0 Å². The summed E-state index contributed by atoms with van der Waals surface area (Å²) in [6, 6.07) is 11.3. The molecule has 0 aliphatic heterocycles. The van der Waals surface area contributed by atoms with E-state index >= 15 is 0 Å². The maximum Gasteiger partial charge on any atom is 0.420 e. The molecule has 0 saturated carbocycles. The number of furan rings is 1. The van der Waals surface area contributed by atoms with Gasteiger partial charge in [0, 0.05) is 16.1 Å². The van der Waals surface area contributed by atoms with Gasteiger partial charge in [0.25, 0.3) is 0 Å². The highest BCUT2D eigenvalue weighted by molar-refractivity contribution is 7.89. The Kier molecular flexibility index (Phi) is 15.6. The molecule has 19 heteroatoms. The van der Waals surface area contributed by atoms with Crippen LogP contribution in [0.1, 0.15) is 53.7 Å². The van der Waals surface area contributed by atoms with Gasteiger partial charge in [0.15, 0.2) is 5.78 Å². The fourth-order valence-electron chi connectivity index (χ4n) is 4.52. The van der Waals surface area contributed by atoms with Gasteiger partial charge in [-0.3, -0.25) is 9.59 Å². The lowest BCUT2D eigenvalue weighted by Crippen LogP contribution is -2.49. The SMILES string of the molecule is CC(NC(C)(C)CC(=O)OCOC(=O)C(=O)OCCOCCOC(=O)c1cc(S(N)(=O)=O)c(Cl)cc1NCc1ccco1)C(=O)c1cccc(Cl)c1.